The largest absolute Gasteiger partial charge is 0.477 e. The van der Waals surface area contributed by atoms with Gasteiger partial charge in [-0.2, -0.15) is 9.61 Å². The van der Waals surface area contributed by atoms with Gasteiger partial charge in [0.25, 0.3) is 0 Å². The van der Waals surface area contributed by atoms with Crippen molar-refractivity contribution < 1.29 is 9.90 Å². The minimum Gasteiger partial charge on any atom is -0.477 e. The lowest BCUT2D eigenvalue weighted by Gasteiger charge is -2.11. The minimum atomic E-state index is -1.07. The molecule has 0 bridgehead atoms. The van der Waals surface area contributed by atoms with Gasteiger partial charge in [0.2, 0.25) is 0 Å². The van der Waals surface area contributed by atoms with Gasteiger partial charge in [0.15, 0.2) is 5.65 Å². The summed E-state index contributed by atoms with van der Waals surface area (Å²) >= 11 is 0. The van der Waals surface area contributed by atoms with Gasteiger partial charge in [0.1, 0.15) is 17.2 Å². The third-order valence-corrected chi connectivity index (χ3v) is 3.45. The normalized spacial score (nSPS) is 10.7. The van der Waals surface area contributed by atoms with Gasteiger partial charge < -0.3 is 15.7 Å². The van der Waals surface area contributed by atoms with E-state index in [2.05, 4.69) is 25.7 Å². The number of carboxylic acids is 1. The van der Waals surface area contributed by atoms with Gasteiger partial charge >= 0.3 is 5.97 Å². The lowest BCUT2D eigenvalue weighted by Crippen LogP contribution is -2.06. The Morgan fingerprint density at radius 3 is 2.96 bits per heavy atom. The number of carbonyl (C=O) groups is 1. The summed E-state index contributed by atoms with van der Waals surface area (Å²) in [7, 11) is 1.74. The van der Waals surface area contributed by atoms with Gasteiger partial charge in [0, 0.05) is 19.3 Å². The fourth-order valence-corrected chi connectivity index (χ4v) is 2.33. The van der Waals surface area contributed by atoms with Crippen LogP contribution >= 0.6 is 0 Å². The molecule has 3 aromatic heterocycles. The Balaban J connectivity index is 2.10. The third kappa shape index (κ3) is 2.66. The number of fused-ring (bicyclic) bond motifs is 1. The van der Waals surface area contributed by atoms with Crippen molar-refractivity contribution in [1.29, 1.82) is 0 Å². The fraction of sp³-hybridized carbons (Fsp3) is 0.200. The molecule has 0 atom stereocenters. The van der Waals surface area contributed by atoms with E-state index < -0.39 is 5.97 Å². The number of pyridine rings is 1. The number of nitrogens with one attached hydrogen (secondary N) is 2. The highest BCUT2D eigenvalue weighted by Crippen LogP contribution is 2.23. The molecule has 0 saturated heterocycles. The van der Waals surface area contributed by atoms with Gasteiger partial charge in [-0.3, -0.25) is 4.98 Å². The summed E-state index contributed by atoms with van der Waals surface area (Å²) in [6.45, 7) is 2.02. The molecule has 8 heteroatoms. The van der Waals surface area contributed by atoms with Crippen molar-refractivity contribution in [2.24, 2.45) is 0 Å². The lowest BCUT2D eigenvalue weighted by atomic mass is 10.2. The monoisotopic (exact) mass is 312 g/mol. The van der Waals surface area contributed by atoms with Crippen molar-refractivity contribution in [3.63, 3.8) is 0 Å². The van der Waals surface area contributed by atoms with Crippen LogP contribution < -0.4 is 10.6 Å². The smallest absolute Gasteiger partial charge is 0.341 e. The zero-order valence-electron chi connectivity index (χ0n) is 12.7. The topological polar surface area (TPSA) is 104 Å². The fourth-order valence-electron chi connectivity index (χ4n) is 2.33. The van der Waals surface area contributed by atoms with Crippen LogP contribution in [-0.4, -0.2) is 37.7 Å². The molecule has 3 N–H and O–H groups in total. The molecule has 0 spiro atoms. The van der Waals surface area contributed by atoms with E-state index in [1.165, 1.54) is 10.7 Å². The summed E-state index contributed by atoms with van der Waals surface area (Å²) in [4.78, 5) is 20.0. The number of nitrogens with zero attached hydrogens (tertiary/aromatic N) is 4. The van der Waals surface area contributed by atoms with E-state index in [-0.39, 0.29) is 11.2 Å². The van der Waals surface area contributed by atoms with Gasteiger partial charge in [-0.15, -0.1) is 0 Å². The molecule has 0 radical (unpaired) electrons. The van der Waals surface area contributed by atoms with Crippen molar-refractivity contribution in [3.8, 4) is 0 Å². The Morgan fingerprint density at radius 2 is 2.26 bits per heavy atom. The van der Waals surface area contributed by atoms with Crippen LogP contribution in [0.4, 0.5) is 17.3 Å². The zero-order chi connectivity index (χ0) is 16.4. The first-order chi connectivity index (χ1) is 11.1. The molecule has 0 saturated carbocycles. The summed E-state index contributed by atoms with van der Waals surface area (Å²) in [5.74, 6) is 0.0850. The Labute approximate surface area is 132 Å². The first-order valence-corrected chi connectivity index (χ1v) is 7.14. The van der Waals surface area contributed by atoms with E-state index in [0.717, 1.165) is 17.8 Å². The van der Waals surface area contributed by atoms with E-state index in [1.807, 2.05) is 19.1 Å². The number of aromatic nitrogens is 4. The Kier molecular flexibility index (Phi) is 3.80. The molecule has 0 amide bonds. The van der Waals surface area contributed by atoms with Gasteiger partial charge in [-0.25, -0.2) is 9.78 Å². The summed E-state index contributed by atoms with van der Waals surface area (Å²) in [6, 6.07) is 5.50. The summed E-state index contributed by atoms with van der Waals surface area (Å²) in [6.07, 6.45) is 3.80. The summed E-state index contributed by atoms with van der Waals surface area (Å²) in [5.41, 5.74) is 2.07. The maximum absolute atomic E-state index is 11.3. The predicted octanol–water partition coefficient (Wildman–Crippen LogP) is 2.17. The van der Waals surface area contributed by atoms with Crippen LogP contribution in [0.15, 0.2) is 30.6 Å². The molecule has 23 heavy (non-hydrogen) atoms. The number of aryl methyl sites for hydroxylation is 1. The van der Waals surface area contributed by atoms with E-state index >= 15 is 0 Å². The van der Waals surface area contributed by atoms with E-state index in [9.17, 15) is 9.90 Å². The average Bonchev–Trinajstić information content (AvgIpc) is 2.98. The predicted molar refractivity (Wildman–Crippen MR) is 86.4 cm³/mol. The number of anilines is 3. The number of hydrogen-bond acceptors (Lipinski definition) is 6. The first-order valence-electron chi connectivity index (χ1n) is 7.14. The molecular weight excluding hydrogens is 296 g/mol. The third-order valence-electron chi connectivity index (χ3n) is 3.45. The number of hydrogen-bond donors (Lipinski definition) is 3. The van der Waals surface area contributed by atoms with Crippen LogP contribution in [0.1, 0.15) is 23.0 Å². The molecule has 0 aliphatic rings. The summed E-state index contributed by atoms with van der Waals surface area (Å²) < 4.78 is 1.46. The first kappa shape index (κ1) is 14.8. The van der Waals surface area contributed by atoms with Crippen LogP contribution in [0.25, 0.3) is 5.65 Å². The maximum Gasteiger partial charge on any atom is 0.341 e. The highest BCUT2D eigenvalue weighted by atomic mass is 16.4. The van der Waals surface area contributed by atoms with E-state index in [0.29, 0.717) is 11.6 Å². The Morgan fingerprint density at radius 1 is 1.43 bits per heavy atom. The van der Waals surface area contributed by atoms with E-state index in [1.54, 1.807) is 19.3 Å². The number of rotatable bonds is 5. The average molecular weight is 312 g/mol. The molecule has 118 valence electrons. The number of aromatic carboxylic acids is 1. The highest BCUT2D eigenvalue weighted by Gasteiger charge is 2.16. The maximum atomic E-state index is 11.3. The van der Waals surface area contributed by atoms with Crippen molar-refractivity contribution in [2.45, 2.75) is 13.3 Å². The van der Waals surface area contributed by atoms with Crippen LogP contribution in [0.5, 0.6) is 0 Å². The molecule has 0 aliphatic heterocycles. The molecule has 8 nitrogen and oxygen atoms in total. The molecule has 0 aromatic carbocycles. The lowest BCUT2D eigenvalue weighted by molar-refractivity contribution is 0.0699. The molecule has 0 fully saturated rings. The molecule has 0 aliphatic carbocycles. The Bertz CT molecular complexity index is 874. The second kappa shape index (κ2) is 5.91. The summed E-state index contributed by atoms with van der Waals surface area (Å²) in [5, 5.41) is 19.5. The van der Waals surface area contributed by atoms with Crippen molar-refractivity contribution in [3.05, 3.63) is 41.9 Å². The zero-order valence-corrected chi connectivity index (χ0v) is 12.7. The molecule has 3 heterocycles. The standard InChI is InChI=1S/C15H16N6O2/c1-3-10-11(5-4-6-17-10)19-12-7-13(16-2)21-14(20-12)9(8-18-21)15(22)23/h4-8,16H,3H2,1-2H3,(H,19,20)(H,22,23). The van der Waals surface area contributed by atoms with Crippen LogP contribution in [0, 0.1) is 0 Å². The SMILES string of the molecule is CCc1ncccc1Nc1cc(NC)n2ncc(C(=O)O)c2n1. The van der Waals surface area contributed by atoms with Gasteiger partial charge in [-0.05, 0) is 18.6 Å². The molecule has 3 aromatic rings. The minimum absolute atomic E-state index is 0.0482. The van der Waals surface area contributed by atoms with Crippen LogP contribution in [0.2, 0.25) is 0 Å². The van der Waals surface area contributed by atoms with Crippen LogP contribution in [0.3, 0.4) is 0 Å². The van der Waals surface area contributed by atoms with E-state index in [4.69, 9.17) is 0 Å². The molecule has 3 rings (SSSR count). The van der Waals surface area contributed by atoms with Crippen molar-refractivity contribution in [1.82, 2.24) is 19.6 Å². The van der Waals surface area contributed by atoms with Crippen LogP contribution in [-0.2, 0) is 6.42 Å². The quantitative estimate of drug-likeness (QED) is 0.663. The van der Waals surface area contributed by atoms with Gasteiger partial charge in [-0.1, -0.05) is 6.92 Å². The Hall–Kier alpha value is -3.16. The molecule has 0 unspecified atom stereocenters. The van der Waals surface area contributed by atoms with Crippen molar-refractivity contribution >= 4 is 28.9 Å². The second-order valence-corrected chi connectivity index (χ2v) is 4.85. The highest BCUT2D eigenvalue weighted by molar-refractivity contribution is 5.94. The molecular formula is C15H16N6O2. The number of carboxylic acid groups (broad SMARTS) is 1. The van der Waals surface area contributed by atoms with Crippen molar-refractivity contribution in [2.75, 3.05) is 17.7 Å². The second-order valence-electron chi connectivity index (χ2n) is 4.85. The van der Waals surface area contributed by atoms with Gasteiger partial charge in [0.05, 0.1) is 17.6 Å².